The lowest BCUT2D eigenvalue weighted by molar-refractivity contribution is -0.383. The molecule has 0 bridgehead atoms. The molecule has 1 atom stereocenters. The molecule has 1 aliphatic heterocycles. The van der Waals surface area contributed by atoms with Crippen LogP contribution in [-0.2, 0) is 0 Å². The first-order chi connectivity index (χ1) is 11.6. The molecule has 1 N–H and O–H groups in total. The van der Waals surface area contributed by atoms with Gasteiger partial charge >= 0.3 is 5.69 Å². The van der Waals surface area contributed by atoms with E-state index in [1.54, 1.807) is 0 Å². The lowest BCUT2D eigenvalue weighted by Crippen LogP contribution is -2.38. The van der Waals surface area contributed by atoms with Gasteiger partial charge in [-0.15, -0.1) is 0 Å². The van der Waals surface area contributed by atoms with E-state index in [0.29, 0.717) is 5.82 Å². The van der Waals surface area contributed by atoms with Gasteiger partial charge in [0, 0.05) is 18.3 Å². The van der Waals surface area contributed by atoms with Gasteiger partial charge in [-0.05, 0) is 50.8 Å². The fraction of sp³-hybridized carbons (Fsp3) is 0.412. The van der Waals surface area contributed by atoms with E-state index in [2.05, 4.69) is 22.2 Å². The summed E-state index contributed by atoms with van der Waals surface area (Å²) in [5.74, 6) is 0.630. The molecule has 0 amide bonds. The Morgan fingerprint density at radius 3 is 2.88 bits per heavy atom. The zero-order valence-electron chi connectivity index (χ0n) is 13.9. The highest BCUT2D eigenvalue weighted by Gasteiger charge is 2.30. The second-order valence-corrected chi connectivity index (χ2v) is 6.18. The summed E-state index contributed by atoms with van der Waals surface area (Å²) in [7, 11) is 0. The van der Waals surface area contributed by atoms with Crippen molar-refractivity contribution in [3.8, 4) is 0 Å². The normalized spacial score (nSPS) is 17.6. The largest absolute Gasteiger partial charge is 0.353 e. The molecule has 0 radical (unpaired) electrons. The standard InChI is InChI=1S/C17H21N5O2/c1-12-6-5-8-14(10-12)20-16-15(22(23)24)17(19-11-18-16)21-9-4-3-7-13(21)2/h5-6,8,10-11,13H,3-4,7,9H2,1-2H3,(H,18,19,20). The number of nitrogens with zero attached hydrogens (tertiary/aromatic N) is 4. The summed E-state index contributed by atoms with van der Waals surface area (Å²) >= 11 is 0. The van der Waals surface area contributed by atoms with E-state index in [-0.39, 0.29) is 17.5 Å². The molecule has 7 heteroatoms. The Morgan fingerprint density at radius 2 is 2.17 bits per heavy atom. The van der Waals surface area contributed by atoms with E-state index in [1.165, 1.54) is 6.33 Å². The maximum atomic E-state index is 11.7. The second-order valence-electron chi connectivity index (χ2n) is 6.18. The quantitative estimate of drug-likeness (QED) is 0.679. The van der Waals surface area contributed by atoms with Gasteiger partial charge in [0.15, 0.2) is 0 Å². The van der Waals surface area contributed by atoms with Crippen molar-refractivity contribution in [2.24, 2.45) is 0 Å². The average Bonchev–Trinajstić information content (AvgIpc) is 2.55. The SMILES string of the molecule is Cc1cccc(Nc2ncnc(N3CCCCC3C)c2[N+](=O)[O-])c1. The van der Waals surface area contributed by atoms with Gasteiger partial charge in [0.25, 0.3) is 0 Å². The van der Waals surface area contributed by atoms with E-state index in [4.69, 9.17) is 0 Å². The predicted molar refractivity (Wildman–Crippen MR) is 93.8 cm³/mol. The van der Waals surface area contributed by atoms with E-state index < -0.39 is 4.92 Å². The molecule has 1 aromatic heterocycles. The number of hydrogen-bond donors (Lipinski definition) is 1. The molecule has 1 aliphatic rings. The number of aryl methyl sites for hydroxylation is 1. The molecule has 7 nitrogen and oxygen atoms in total. The van der Waals surface area contributed by atoms with Crippen LogP contribution in [0.15, 0.2) is 30.6 Å². The Bertz CT molecular complexity index is 750. The van der Waals surface area contributed by atoms with Crippen LogP contribution in [0.1, 0.15) is 31.7 Å². The third-order valence-corrected chi connectivity index (χ3v) is 4.34. The smallest absolute Gasteiger partial charge is 0.348 e. The van der Waals surface area contributed by atoms with Gasteiger partial charge in [0.05, 0.1) is 4.92 Å². The first-order valence-corrected chi connectivity index (χ1v) is 8.16. The van der Waals surface area contributed by atoms with Crippen LogP contribution >= 0.6 is 0 Å². The van der Waals surface area contributed by atoms with E-state index >= 15 is 0 Å². The van der Waals surface area contributed by atoms with Crippen molar-refractivity contribution in [3.05, 3.63) is 46.3 Å². The summed E-state index contributed by atoms with van der Waals surface area (Å²) in [6, 6.07) is 7.90. The molecule has 2 aromatic rings. The van der Waals surface area contributed by atoms with E-state index in [9.17, 15) is 10.1 Å². The molecular weight excluding hydrogens is 306 g/mol. The zero-order chi connectivity index (χ0) is 17.1. The molecule has 1 unspecified atom stereocenters. The van der Waals surface area contributed by atoms with Gasteiger partial charge in [-0.25, -0.2) is 9.97 Å². The van der Waals surface area contributed by atoms with Gasteiger partial charge in [-0.1, -0.05) is 12.1 Å². The fourth-order valence-corrected chi connectivity index (χ4v) is 3.11. The van der Waals surface area contributed by atoms with Crippen molar-refractivity contribution >= 4 is 23.0 Å². The van der Waals surface area contributed by atoms with Gasteiger partial charge in [0.2, 0.25) is 11.6 Å². The third kappa shape index (κ3) is 3.29. The molecular formula is C17H21N5O2. The number of aromatic nitrogens is 2. The molecule has 2 heterocycles. The maximum Gasteiger partial charge on any atom is 0.353 e. The average molecular weight is 327 g/mol. The second kappa shape index (κ2) is 6.82. The summed E-state index contributed by atoms with van der Waals surface area (Å²) in [6.45, 7) is 4.84. The van der Waals surface area contributed by atoms with Crippen LogP contribution < -0.4 is 10.2 Å². The number of nitrogens with one attached hydrogen (secondary N) is 1. The van der Waals surface area contributed by atoms with Crippen LogP contribution in [0.25, 0.3) is 0 Å². The van der Waals surface area contributed by atoms with Crippen molar-refractivity contribution in [2.45, 2.75) is 39.2 Å². The van der Waals surface area contributed by atoms with Crippen LogP contribution in [0, 0.1) is 17.0 Å². The van der Waals surface area contributed by atoms with E-state index in [1.807, 2.05) is 36.1 Å². The predicted octanol–water partition coefficient (Wildman–Crippen LogP) is 3.82. The summed E-state index contributed by atoms with van der Waals surface area (Å²) in [6.07, 6.45) is 4.57. The lowest BCUT2D eigenvalue weighted by Gasteiger charge is -2.33. The molecule has 126 valence electrons. The van der Waals surface area contributed by atoms with Gasteiger partial charge < -0.3 is 10.2 Å². The van der Waals surface area contributed by atoms with Crippen molar-refractivity contribution in [1.82, 2.24) is 9.97 Å². The van der Waals surface area contributed by atoms with Crippen LogP contribution in [0.3, 0.4) is 0 Å². The van der Waals surface area contributed by atoms with Crippen LogP contribution in [-0.4, -0.2) is 27.5 Å². The Morgan fingerprint density at radius 1 is 1.33 bits per heavy atom. The van der Waals surface area contributed by atoms with Gasteiger partial charge in [-0.2, -0.15) is 0 Å². The topological polar surface area (TPSA) is 84.2 Å². The highest BCUT2D eigenvalue weighted by Crippen LogP contribution is 2.36. The summed E-state index contributed by atoms with van der Waals surface area (Å²) in [5, 5.41) is 14.8. The molecule has 1 saturated heterocycles. The summed E-state index contributed by atoms with van der Waals surface area (Å²) in [4.78, 5) is 21.7. The molecule has 1 fully saturated rings. The molecule has 0 saturated carbocycles. The molecule has 0 spiro atoms. The summed E-state index contributed by atoms with van der Waals surface area (Å²) in [5.41, 5.74) is 1.78. The zero-order valence-corrected chi connectivity index (χ0v) is 13.9. The lowest BCUT2D eigenvalue weighted by atomic mass is 10.0. The monoisotopic (exact) mass is 327 g/mol. The Kier molecular flexibility index (Phi) is 4.59. The Hall–Kier alpha value is -2.70. The van der Waals surface area contributed by atoms with E-state index in [0.717, 1.165) is 37.1 Å². The molecule has 24 heavy (non-hydrogen) atoms. The van der Waals surface area contributed by atoms with Crippen LogP contribution in [0.5, 0.6) is 0 Å². The highest BCUT2D eigenvalue weighted by molar-refractivity contribution is 5.74. The van der Waals surface area contributed by atoms with Crippen molar-refractivity contribution in [2.75, 3.05) is 16.8 Å². The van der Waals surface area contributed by atoms with Gasteiger partial charge in [-0.3, -0.25) is 10.1 Å². The Labute approximate surface area is 140 Å². The third-order valence-electron chi connectivity index (χ3n) is 4.34. The van der Waals surface area contributed by atoms with Crippen LogP contribution in [0.4, 0.5) is 23.0 Å². The fourth-order valence-electron chi connectivity index (χ4n) is 3.11. The summed E-state index contributed by atoms with van der Waals surface area (Å²) < 4.78 is 0. The highest BCUT2D eigenvalue weighted by atomic mass is 16.6. The molecule has 0 aliphatic carbocycles. The number of hydrogen-bond acceptors (Lipinski definition) is 6. The minimum absolute atomic E-state index is 0.0623. The minimum atomic E-state index is -0.394. The number of piperidine rings is 1. The first-order valence-electron chi connectivity index (χ1n) is 8.16. The van der Waals surface area contributed by atoms with Crippen molar-refractivity contribution < 1.29 is 4.92 Å². The number of rotatable bonds is 4. The number of benzene rings is 1. The molecule has 1 aromatic carbocycles. The number of nitro groups is 1. The number of anilines is 3. The first kappa shape index (κ1) is 16.2. The maximum absolute atomic E-state index is 11.7. The Balaban J connectivity index is 2.00. The van der Waals surface area contributed by atoms with Crippen molar-refractivity contribution in [3.63, 3.8) is 0 Å². The van der Waals surface area contributed by atoms with Gasteiger partial charge in [0.1, 0.15) is 6.33 Å². The minimum Gasteiger partial charge on any atom is -0.348 e. The van der Waals surface area contributed by atoms with Crippen molar-refractivity contribution in [1.29, 1.82) is 0 Å². The van der Waals surface area contributed by atoms with Crippen LogP contribution in [0.2, 0.25) is 0 Å². The molecule has 3 rings (SSSR count).